The molecule has 0 aliphatic carbocycles. The third-order valence-corrected chi connectivity index (χ3v) is 3.51. The number of carbonyl (C=O) groups is 1. The Morgan fingerprint density at radius 3 is 2.67 bits per heavy atom. The number of piperidine rings is 1. The van der Waals surface area contributed by atoms with Crippen LogP contribution in [0.5, 0.6) is 0 Å². The Hall–Kier alpha value is -1.26. The van der Waals surface area contributed by atoms with E-state index >= 15 is 0 Å². The van der Waals surface area contributed by atoms with Crippen LogP contribution in [0.25, 0.3) is 0 Å². The maximum Gasteiger partial charge on any atom is 0.409 e. The van der Waals surface area contributed by atoms with Gasteiger partial charge in [-0.2, -0.15) is 0 Å². The first-order valence-electron chi connectivity index (χ1n) is 5.94. The zero-order valence-electron chi connectivity index (χ0n) is 10.3. The first kappa shape index (κ1) is 13.2. The molecule has 1 aliphatic rings. The molecule has 1 aromatic rings. The minimum atomic E-state index is -0.316. The second-order valence-electron chi connectivity index (χ2n) is 4.62. The highest BCUT2D eigenvalue weighted by Gasteiger charge is 2.29. The van der Waals surface area contributed by atoms with E-state index in [1.54, 1.807) is 4.90 Å². The number of carbonyl (C=O) groups excluding carboxylic acids is 1. The molecule has 1 fully saturated rings. The Morgan fingerprint density at radius 2 is 2.06 bits per heavy atom. The Bertz CT molecular complexity index is 422. The monoisotopic (exact) mass is 268 g/mol. The lowest BCUT2D eigenvalue weighted by atomic mass is 9.88. The molecule has 0 spiro atoms. The average Bonchev–Trinajstić information content (AvgIpc) is 2.38. The molecule has 1 heterocycles. The molecular weight excluding hydrogens is 252 g/mol. The molecule has 2 rings (SSSR count). The van der Waals surface area contributed by atoms with Gasteiger partial charge in [0.2, 0.25) is 0 Å². The molecule has 1 saturated heterocycles. The topological polar surface area (TPSA) is 55.6 Å². The fourth-order valence-electron chi connectivity index (χ4n) is 2.39. The largest absolute Gasteiger partial charge is 0.453 e. The van der Waals surface area contributed by atoms with E-state index in [1.165, 1.54) is 7.11 Å². The van der Waals surface area contributed by atoms with Crippen LogP contribution in [0.2, 0.25) is 5.02 Å². The number of nitrogens with zero attached hydrogens (tertiary/aromatic N) is 1. The summed E-state index contributed by atoms with van der Waals surface area (Å²) in [6.45, 7) is 1.19. The van der Waals surface area contributed by atoms with E-state index in [1.807, 2.05) is 24.3 Å². The molecule has 1 aromatic carbocycles. The van der Waals surface area contributed by atoms with E-state index in [0.29, 0.717) is 18.1 Å². The predicted octanol–water partition coefficient (Wildman–Crippen LogP) is 2.22. The molecular formula is C13H17ClN2O2. The number of ether oxygens (including phenoxy) is 1. The summed E-state index contributed by atoms with van der Waals surface area (Å²) in [6, 6.07) is 7.68. The van der Waals surface area contributed by atoms with E-state index in [2.05, 4.69) is 0 Å². The van der Waals surface area contributed by atoms with Gasteiger partial charge < -0.3 is 15.4 Å². The Balaban J connectivity index is 2.13. The van der Waals surface area contributed by atoms with Crippen molar-refractivity contribution in [3.05, 3.63) is 34.9 Å². The van der Waals surface area contributed by atoms with E-state index < -0.39 is 0 Å². The second kappa shape index (κ2) is 5.59. The van der Waals surface area contributed by atoms with Gasteiger partial charge in [0.25, 0.3) is 0 Å². The normalized spacial score (nSPS) is 23.8. The molecule has 2 N–H and O–H groups in total. The summed E-state index contributed by atoms with van der Waals surface area (Å²) >= 11 is 5.87. The van der Waals surface area contributed by atoms with Crippen molar-refractivity contribution < 1.29 is 9.53 Å². The van der Waals surface area contributed by atoms with Gasteiger partial charge in [0, 0.05) is 30.1 Å². The quantitative estimate of drug-likeness (QED) is 0.850. The maximum absolute atomic E-state index is 11.6. The zero-order valence-corrected chi connectivity index (χ0v) is 11.1. The number of methoxy groups -OCH3 is 1. The molecule has 1 aliphatic heterocycles. The van der Waals surface area contributed by atoms with Gasteiger partial charge in [0.05, 0.1) is 7.11 Å². The van der Waals surface area contributed by atoms with Gasteiger partial charge >= 0.3 is 6.09 Å². The van der Waals surface area contributed by atoms with Crippen LogP contribution in [0, 0.1) is 0 Å². The van der Waals surface area contributed by atoms with Crippen LogP contribution in [-0.4, -0.2) is 37.2 Å². The van der Waals surface area contributed by atoms with Crippen molar-refractivity contribution in [1.82, 2.24) is 4.90 Å². The minimum absolute atomic E-state index is 0.0153. The molecule has 2 unspecified atom stereocenters. The smallest absolute Gasteiger partial charge is 0.409 e. The summed E-state index contributed by atoms with van der Waals surface area (Å²) in [5.74, 6) is 0.241. The standard InChI is InChI=1S/C13H17ClN2O2/c1-18-13(17)16-7-10(6-12(15)8-16)9-2-4-11(14)5-3-9/h2-5,10,12H,6-8,15H2,1H3. The van der Waals surface area contributed by atoms with Crippen molar-refractivity contribution in [1.29, 1.82) is 0 Å². The lowest BCUT2D eigenvalue weighted by Crippen LogP contribution is -2.48. The molecule has 18 heavy (non-hydrogen) atoms. The zero-order chi connectivity index (χ0) is 13.1. The van der Waals surface area contributed by atoms with Crippen molar-refractivity contribution in [3.63, 3.8) is 0 Å². The predicted molar refractivity (Wildman–Crippen MR) is 70.8 cm³/mol. The Labute approximate surface area is 112 Å². The van der Waals surface area contributed by atoms with Gasteiger partial charge in [-0.15, -0.1) is 0 Å². The summed E-state index contributed by atoms with van der Waals surface area (Å²) in [7, 11) is 1.39. The average molecular weight is 269 g/mol. The number of rotatable bonds is 1. The first-order chi connectivity index (χ1) is 8.60. The van der Waals surface area contributed by atoms with E-state index in [9.17, 15) is 4.79 Å². The molecule has 0 bridgehead atoms. The number of hydrogen-bond acceptors (Lipinski definition) is 3. The number of nitrogens with two attached hydrogens (primary N) is 1. The second-order valence-corrected chi connectivity index (χ2v) is 5.06. The summed E-state index contributed by atoms with van der Waals surface area (Å²) in [5.41, 5.74) is 7.16. The van der Waals surface area contributed by atoms with Crippen molar-refractivity contribution in [2.45, 2.75) is 18.4 Å². The summed E-state index contributed by atoms with van der Waals surface area (Å²) < 4.78 is 4.75. The first-order valence-corrected chi connectivity index (χ1v) is 6.32. The molecule has 1 amide bonds. The van der Waals surface area contributed by atoms with Crippen LogP contribution < -0.4 is 5.73 Å². The highest BCUT2D eigenvalue weighted by molar-refractivity contribution is 6.30. The fourth-order valence-corrected chi connectivity index (χ4v) is 2.52. The third-order valence-electron chi connectivity index (χ3n) is 3.26. The molecule has 0 aromatic heterocycles. The van der Waals surface area contributed by atoms with Crippen molar-refractivity contribution >= 4 is 17.7 Å². The Kier molecular flexibility index (Phi) is 4.09. The number of benzene rings is 1. The minimum Gasteiger partial charge on any atom is -0.453 e. The van der Waals surface area contributed by atoms with Crippen molar-refractivity contribution in [2.75, 3.05) is 20.2 Å². The highest BCUT2D eigenvalue weighted by atomic mass is 35.5. The van der Waals surface area contributed by atoms with Crippen LogP contribution in [-0.2, 0) is 4.74 Å². The molecule has 98 valence electrons. The van der Waals surface area contributed by atoms with Crippen LogP contribution in [0.15, 0.2) is 24.3 Å². The van der Waals surface area contributed by atoms with Gasteiger partial charge in [-0.1, -0.05) is 23.7 Å². The van der Waals surface area contributed by atoms with Crippen molar-refractivity contribution in [2.24, 2.45) is 5.73 Å². The van der Waals surface area contributed by atoms with E-state index in [0.717, 1.165) is 12.0 Å². The molecule has 0 saturated carbocycles. The lowest BCUT2D eigenvalue weighted by Gasteiger charge is -2.35. The maximum atomic E-state index is 11.6. The van der Waals surface area contributed by atoms with Crippen LogP contribution in [0.4, 0.5) is 4.79 Å². The van der Waals surface area contributed by atoms with Gasteiger partial charge in [-0.05, 0) is 24.1 Å². The van der Waals surface area contributed by atoms with Gasteiger partial charge in [0.1, 0.15) is 0 Å². The third kappa shape index (κ3) is 2.94. The van der Waals surface area contributed by atoms with Crippen molar-refractivity contribution in [3.8, 4) is 0 Å². The number of halogens is 1. The number of amides is 1. The Morgan fingerprint density at radius 1 is 1.39 bits per heavy atom. The lowest BCUT2D eigenvalue weighted by molar-refractivity contribution is 0.106. The summed E-state index contributed by atoms with van der Waals surface area (Å²) in [4.78, 5) is 13.2. The van der Waals surface area contributed by atoms with Crippen LogP contribution in [0.3, 0.4) is 0 Å². The summed E-state index contributed by atoms with van der Waals surface area (Å²) in [5, 5.41) is 0.712. The van der Waals surface area contributed by atoms with Crippen LogP contribution >= 0.6 is 11.6 Å². The van der Waals surface area contributed by atoms with Gasteiger partial charge in [-0.3, -0.25) is 0 Å². The SMILES string of the molecule is COC(=O)N1CC(N)CC(c2ccc(Cl)cc2)C1. The van der Waals surface area contributed by atoms with Crippen LogP contribution in [0.1, 0.15) is 17.9 Å². The molecule has 2 atom stereocenters. The highest BCUT2D eigenvalue weighted by Crippen LogP contribution is 2.27. The fraction of sp³-hybridized carbons (Fsp3) is 0.462. The van der Waals surface area contributed by atoms with E-state index in [4.69, 9.17) is 22.1 Å². The van der Waals surface area contributed by atoms with E-state index in [-0.39, 0.29) is 18.1 Å². The molecule has 4 nitrogen and oxygen atoms in total. The van der Waals surface area contributed by atoms with Gasteiger partial charge in [-0.25, -0.2) is 4.79 Å². The number of likely N-dealkylation sites (tertiary alicyclic amines) is 1. The molecule has 5 heteroatoms. The van der Waals surface area contributed by atoms with Gasteiger partial charge in [0.15, 0.2) is 0 Å². The molecule has 0 radical (unpaired) electrons. The number of hydrogen-bond donors (Lipinski definition) is 1. The summed E-state index contributed by atoms with van der Waals surface area (Å²) in [6.07, 6.45) is 0.555.